The minimum Gasteiger partial charge on any atom is -0.481 e. The van der Waals surface area contributed by atoms with Gasteiger partial charge in [-0.15, -0.1) is 0 Å². The number of aliphatic carboxylic acids is 1. The van der Waals surface area contributed by atoms with Crippen LogP contribution in [0.3, 0.4) is 0 Å². The van der Waals surface area contributed by atoms with Gasteiger partial charge in [0, 0.05) is 13.0 Å². The molecule has 24 heavy (non-hydrogen) atoms. The molecule has 0 heterocycles. The highest BCUT2D eigenvalue weighted by Gasteiger charge is 2.29. The molecule has 2 unspecified atom stereocenters. The van der Waals surface area contributed by atoms with E-state index in [2.05, 4.69) is 0 Å². The van der Waals surface area contributed by atoms with Crippen molar-refractivity contribution in [1.82, 2.24) is 0 Å². The van der Waals surface area contributed by atoms with Crippen LogP contribution in [-0.2, 0) is 14.6 Å². The first-order valence-electron chi connectivity index (χ1n) is 7.82. The number of rotatable bonds is 11. The minimum absolute atomic E-state index is 0.0778. The molecule has 0 aromatic heterocycles. The number of aliphatic hydroxyl groups excluding tert-OH is 2. The van der Waals surface area contributed by atoms with Crippen LogP contribution in [0, 0.1) is 0 Å². The summed E-state index contributed by atoms with van der Waals surface area (Å²) in [6.45, 7) is -0.247. The van der Waals surface area contributed by atoms with Gasteiger partial charge in [0.05, 0.1) is 11.9 Å². The van der Waals surface area contributed by atoms with Crippen LogP contribution in [0.5, 0.6) is 0 Å². The Bertz CT molecular complexity index is 624. The molecule has 0 bridgehead atoms. The molecule has 0 aliphatic carbocycles. The SMILES string of the molecule is O=C(O)CCCC(O)C(C=Cc1ccccc1)S(=O)(=O)CCCO. The number of aliphatic hydroxyl groups is 2. The number of carboxylic acid groups (broad SMARTS) is 1. The lowest BCUT2D eigenvalue weighted by atomic mass is 10.1. The van der Waals surface area contributed by atoms with Gasteiger partial charge in [-0.1, -0.05) is 42.5 Å². The van der Waals surface area contributed by atoms with Gasteiger partial charge in [0.1, 0.15) is 5.25 Å². The summed E-state index contributed by atoms with van der Waals surface area (Å²) in [5.74, 6) is -1.22. The number of carboxylic acids is 1. The topological polar surface area (TPSA) is 112 Å². The second-order valence-electron chi connectivity index (χ2n) is 5.53. The normalized spacial score (nSPS) is 14.6. The van der Waals surface area contributed by atoms with Crippen molar-refractivity contribution in [2.24, 2.45) is 0 Å². The molecule has 0 saturated heterocycles. The fourth-order valence-electron chi connectivity index (χ4n) is 2.29. The van der Waals surface area contributed by atoms with Crippen molar-refractivity contribution in [3.63, 3.8) is 0 Å². The zero-order valence-corrected chi connectivity index (χ0v) is 14.2. The quantitative estimate of drug-likeness (QED) is 0.554. The Balaban J connectivity index is 2.89. The lowest BCUT2D eigenvalue weighted by Gasteiger charge is -2.20. The molecule has 0 amide bonds. The first-order chi connectivity index (χ1) is 11.4. The first-order valence-corrected chi connectivity index (χ1v) is 9.54. The predicted molar refractivity (Wildman–Crippen MR) is 92.2 cm³/mol. The third kappa shape index (κ3) is 7.25. The van der Waals surface area contributed by atoms with E-state index >= 15 is 0 Å². The van der Waals surface area contributed by atoms with Crippen LogP contribution in [0.2, 0.25) is 0 Å². The first kappa shape index (κ1) is 20.3. The molecule has 1 aromatic carbocycles. The fourth-order valence-corrected chi connectivity index (χ4v) is 4.02. The van der Waals surface area contributed by atoms with E-state index in [0.29, 0.717) is 0 Å². The molecular weight excluding hydrogens is 332 g/mol. The van der Waals surface area contributed by atoms with Gasteiger partial charge in [-0.3, -0.25) is 4.79 Å². The summed E-state index contributed by atoms with van der Waals surface area (Å²) in [5.41, 5.74) is 0.803. The Morgan fingerprint density at radius 1 is 1.17 bits per heavy atom. The molecule has 1 aromatic rings. The Morgan fingerprint density at radius 2 is 1.83 bits per heavy atom. The standard InChI is InChI=1S/C17H24O6S/c18-12-5-13-24(22,23)16(15(19)8-4-9-17(20)21)11-10-14-6-2-1-3-7-14/h1-3,6-7,10-11,15-16,18-19H,4-5,8-9,12-13H2,(H,20,21). The van der Waals surface area contributed by atoms with Crippen molar-refractivity contribution in [2.75, 3.05) is 12.4 Å². The molecule has 7 heteroatoms. The summed E-state index contributed by atoms with van der Waals surface area (Å²) >= 11 is 0. The van der Waals surface area contributed by atoms with Gasteiger partial charge >= 0.3 is 5.97 Å². The van der Waals surface area contributed by atoms with Crippen LogP contribution in [-0.4, -0.2) is 53.4 Å². The highest BCUT2D eigenvalue weighted by Crippen LogP contribution is 2.17. The average Bonchev–Trinajstić information content (AvgIpc) is 2.53. The molecule has 0 saturated carbocycles. The highest BCUT2D eigenvalue weighted by molar-refractivity contribution is 7.92. The molecule has 0 aliphatic heterocycles. The summed E-state index contributed by atoms with van der Waals surface area (Å²) in [6.07, 6.45) is 2.13. The third-order valence-electron chi connectivity index (χ3n) is 3.55. The van der Waals surface area contributed by atoms with E-state index in [1.165, 1.54) is 6.08 Å². The summed E-state index contributed by atoms with van der Waals surface area (Å²) in [6, 6.07) is 9.10. The Labute approximate surface area is 142 Å². The largest absolute Gasteiger partial charge is 0.481 e. The van der Waals surface area contributed by atoms with Gasteiger partial charge < -0.3 is 15.3 Å². The zero-order chi connectivity index (χ0) is 18.0. The fraction of sp³-hybridized carbons (Fsp3) is 0.471. The number of sulfone groups is 1. The molecule has 6 nitrogen and oxygen atoms in total. The van der Waals surface area contributed by atoms with E-state index in [4.69, 9.17) is 10.2 Å². The molecule has 1 rings (SSSR count). The van der Waals surface area contributed by atoms with Crippen LogP contribution in [0.1, 0.15) is 31.2 Å². The third-order valence-corrected chi connectivity index (χ3v) is 5.71. The van der Waals surface area contributed by atoms with Crippen molar-refractivity contribution in [2.45, 2.75) is 37.0 Å². The maximum atomic E-state index is 12.4. The highest BCUT2D eigenvalue weighted by atomic mass is 32.2. The molecule has 0 radical (unpaired) electrons. The summed E-state index contributed by atoms with van der Waals surface area (Å²) in [7, 11) is -3.65. The number of hydrogen-bond acceptors (Lipinski definition) is 5. The lowest BCUT2D eigenvalue weighted by molar-refractivity contribution is -0.137. The number of benzene rings is 1. The molecule has 134 valence electrons. The van der Waals surface area contributed by atoms with Crippen molar-refractivity contribution >= 4 is 21.9 Å². The van der Waals surface area contributed by atoms with Gasteiger partial charge in [0.15, 0.2) is 9.84 Å². The van der Waals surface area contributed by atoms with Crippen molar-refractivity contribution in [3.8, 4) is 0 Å². The lowest BCUT2D eigenvalue weighted by Crippen LogP contribution is -2.34. The van der Waals surface area contributed by atoms with Gasteiger partial charge in [0.25, 0.3) is 0 Å². The van der Waals surface area contributed by atoms with Gasteiger partial charge in [-0.05, 0) is 24.8 Å². The number of carbonyl (C=O) groups is 1. The van der Waals surface area contributed by atoms with Crippen LogP contribution in [0.4, 0.5) is 0 Å². The van der Waals surface area contributed by atoms with Crippen molar-refractivity contribution < 1.29 is 28.5 Å². The predicted octanol–water partition coefficient (Wildman–Crippen LogP) is 1.48. The van der Waals surface area contributed by atoms with E-state index in [-0.39, 0.29) is 38.0 Å². The van der Waals surface area contributed by atoms with Crippen LogP contribution < -0.4 is 0 Å². The van der Waals surface area contributed by atoms with Gasteiger partial charge in [0.2, 0.25) is 0 Å². The van der Waals surface area contributed by atoms with Crippen LogP contribution in [0.15, 0.2) is 36.4 Å². The Hall–Kier alpha value is -1.70. The van der Waals surface area contributed by atoms with Gasteiger partial charge in [-0.2, -0.15) is 0 Å². The second kappa shape index (κ2) is 10.2. The van der Waals surface area contributed by atoms with Crippen molar-refractivity contribution in [3.05, 3.63) is 42.0 Å². The molecule has 0 spiro atoms. The van der Waals surface area contributed by atoms with Crippen LogP contribution >= 0.6 is 0 Å². The van der Waals surface area contributed by atoms with Crippen LogP contribution in [0.25, 0.3) is 6.08 Å². The zero-order valence-electron chi connectivity index (χ0n) is 13.4. The summed E-state index contributed by atoms with van der Waals surface area (Å²) in [4.78, 5) is 10.6. The maximum Gasteiger partial charge on any atom is 0.303 e. The molecule has 0 aliphatic rings. The summed E-state index contributed by atoms with van der Waals surface area (Å²) in [5, 5.41) is 26.6. The maximum absolute atomic E-state index is 12.4. The summed E-state index contributed by atoms with van der Waals surface area (Å²) < 4.78 is 24.8. The average molecular weight is 356 g/mol. The van der Waals surface area contributed by atoms with E-state index < -0.39 is 27.2 Å². The minimum atomic E-state index is -3.65. The van der Waals surface area contributed by atoms with E-state index in [9.17, 15) is 18.3 Å². The van der Waals surface area contributed by atoms with E-state index in [1.807, 2.05) is 30.3 Å². The Morgan fingerprint density at radius 3 is 2.42 bits per heavy atom. The molecule has 2 atom stereocenters. The monoisotopic (exact) mass is 356 g/mol. The Kier molecular flexibility index (Phi) is 8.67. The van der Waals surface area contributed by atoms with Gasteiger partial charge in [-0.25, -0.2) is 8.42 Å². The smallest absolute Gasteiger partial charge is 0.303 e. The molecule has 0 fully saturated rings. The van der Waals surface area contributed by atoms with Crippen molar-refractivity contribution in [1.29, 1.82) is 0 Å². The second-order valence-corrected chi connectivity index (χ2v) is 7.81. The molecular formula is C17H24O6S. The van der Waals surface area contributed by atoms with E-state index in [1.54, 1.807) is 6.08 Å². The number of hydrogen-bond donors (Lipinski definition) is 3. The van der Waals surface area contributed by atoms with E-state index in [0.717, 1.165) is 5.56 Å². The molecule has 3 N–H and O–H groups in total.